The van der Waals surface area contributed by atoms with Crippen molar-refractivity contribution in [1.29, 1.82) is 0 Å². The third kappa shape index (κ3) is 2.83. The van der Waals surface area contributed by atoms with Crippen LogP contribution >= 0.6 is 0 Å². The Morgan fingerprint density at radius 2 is 1.85 bits per heavy atom. The standard InChI is InChI=1S/C17H17NO2/c1-13(15-5-3-2-4-6-15)10-18-11-14-7-8-16-17(9-14)20-12-19-16/h2-9,18H,1,10-12H2. The van der Waals surface area contributed by atoms with Gasteiger partial charge in [0.05, 0.1) is 0 Å². The molecule has 2 aromatic rings. The zero-order valence-electron chi connectivity index (χ0n) is 11.3. The van der Waals surface area contributed by atoms with Crippen molar-refractivity contribution in [3.05, 3.63) is 66.2 Å². The first-order chi connectivity index (χ1) is 9.83. The van der Waals surface area contributed by atoms with E-state index in [0.717, 1.165) is 30.2 Å². The van der Waals surface area contributed by atoms with Crippen LogP contribution in [0, 0.1) is 0 Å². The summed E-state index contributed by atoms with van der Waals surface area (Å²) in [6.07, 6.45) is 0. The summed E-state index contributed by atoms with van der Waals surface area (Å²) < 4.78 is 10.7. The Kier molecular flexibility index (Phi) is 3.70. The average Bonchev–Trinajstić information content (AvgIpc) is 2.95. The van der Waals surface area contributed by atoms with Crippen LogP contribution in [0.4, 0.5) is 0 Å². The van der Waals surface area contributed by atoms with Crippen LogP contribution in [-0.4, -0.2) is 13.3 Å². The second-order valence-electron chi connectivity index (χ2n) is 4.76. The van der Waals surface area contributed by atoms with E-state index in [2.05, 4.69) is 24.0 Å². The quantitative estimate of drug-likeness (QED) is 0.902. The Bertz CT molecular complexity index is 608. The van der Waals surface area contributed by atoms with Gasteiger partial charge in [0.1, 0.15) is 0 Å². The molecule has 1 aliphatic heterocycles. The normalized spacial score (nSPS) is 12.4. The van der Waals surface area contributed by atoms with Gasteiger partial charge in [0.2, 0.25) is 6.79 Å². The highest BCUT2D eigenvalue weighted by molar-refractivity contribution is 5.64. The van der Waals surface area contributed by atoms with Crippen LogP contribution in [0.2, 0.25) is 0 Å². The van der Waals surface area contributed by atoms with Gasteiger partial charge in [0, 0.05) is 13.1 Å². The fraction of sp³-hybridized carbons (Fsp3) is 0.176. The maximum absolute atomic E-state index is 5.37. The van der Waals surface area contributed by atoms with E-state index in [1.807, 2.05) is 36.4 Å². The number of rotatable bonds is 5. The van der Waals surface area contributed by atoms with Crippen molar-refractivity contribution in [3.8, 4) is 11.5 Å². The van der Waals surface area contributed by atoms with Gasteiger partial charge < -0.3 is 14.8 Å². The fourth-order valence-electron chi connectivity index (χ4n) is 2.18. The van der Waals surface area contributed by atoms with E-state index in [9.17, 15) is 0 Å². The molecule has 0 fully saturated rings. The minimum Gasteiger partial charge on any atom is -0.454 e. The lowest BCUT2D eigenvalue weighted by Gasteiger charge is -2.08. The molecule has 0 saturated carbocycles. The van der Waals surface area contributed by atoms with Crippen LogP contribution in [0.15, 0.2) is 55.1 Å². The van der Waals surface area contributed by atoms with E-state index >= 15 is 0 Å². The van der Waals surface area contributed by atoms with E-state index in [0.29, 0.717) is 6.79 Å². The number of hydrogen-bond donors (Lipinski definition) is 1. The Morgan fingerprint density at radius 1 is 1.05 bits per heavy atom. The zero-order valence-corrected chi connectivity index (χ0v) is 11.3. The third-order valence-corrected chi connectivity index (χ3v) is 3.29. The third-order valence-electron chi connectivity index (χ3n) is 3.29. The lowest BCUT2D eigenvalue weighted by molar-refractivity contribution is 0.174. The molecule has 1 N–H and O–H groups in total. The average molecular weight is 267 g/mol. The SMILES string of the molecule is C=C(CNCc1ccc2c(c1)OCO2)c1ccccc1. The highest BCUT2D eigenvalue weighted by atomic mass is 16.7. The maximum Gasteiger partial charge on any atom is 0.231 e. The monoisotopic (exact) mass is 267 g/mol. The van der Waals surface area contributed by atoms with Gasteiger partial charge in [-0.15, -0.1) is 0 Å². The van der Waals surface area contributed by atoms with Crippen LogP contribution in [0.3, 0.4) is 0 Å². The van der Waals surface area contributed by atoms with Crippen molar-refractivity contribution < 1.29 is 9.47 Å². The number of benzene rings is 2. The first kappa shape index (κ1) is 12.8. The summed E-state index contributed by atoms with van der Waals surface area (Å²) in [6.45, 7) is 5.97. The summed E-state index contributed by atoms with van der Waals surface area (Å²) in [5, 5.41) is 3.40. The van der Waals surface area contributed by atoms with E-state index in [1.165, 1.54) is 11.1 Å². The first-order valence-electron chi connectivity index (χ1n) is 6.65. The number of ether oxygens (including phenoxy) is 2. The van der Waals surface area contributed by atoms with Crippen molar-refractivity contribution in [1.82, 2.24) is 5.32 Å². The van der Waals surface area contributed by atoms with E-state index < -0.39 is 0 Å². The van der Waals surface area contributed by atoms with E-state index in [-0.39, 0.29) is 0 Å². The van der Waals surface area contributed by atoms with Gasteiger partial charge in [0.25, 0.3) is 0 Å². The Hall–Kier alpha value is -2.26. The number of nitrogens with one attached hydrogen (secondary N) is 1. The van der Waals surface area contributed by atoms with Crippen LogP contribution in [0.5, 0.6) is 11.5 Å². The molecule has 3 nitrogen and oxygen atoms in total. The van der Waals surface area contributed by atoms with Gasteiger partial charge in [-0.3, -0.25) is 0 Å². The second kappa shape index (κ2) is 5.80. The van der Waals surface area contributed by atoms with Crippen molar-refractivity contribution in [3.63, 3.8) is 0 Å². The molecule has 1 aliphatic rings. The summed E-state index contributed by atoms with van der Waals surface area (Å²) in [5.41, 5.74) is 3.44. The molecule has 0 unspecified atom stereocenters. The molecule has 3 heteroatoms. The molecule has 102 valence electrons. The molecule has 0 bridgehead atoms. The highest BCUT2D eigenvalue weighted by Gasteiger charge is 2.12. The zero-order chi connectivity index (χ0) is 13.8. The van der Waals surface area contributed by atoms with Gasteiger partial charge in [-0.05, 0) is 28.8 Å². The molecule has 1 heterocycles. The summed E-state index contributed by atoms with van der Waals surface area (Å²) >= 11 is 0. The highest BCUT2D eigenvalue weighted by Crippen LogP contribution is 2.32. The molecule has 0 aliphatic carbocycles. The van der Waals surface area contributed by atoms with E-state index in [1.54, 1.807) is 0 Å². The van der Waals surface area contributed by atoms with Gasteiger partial charge in [-0.25, -0.2) is 0 Å². The summed E-state index contributed by atoms with van der Waals surface area (Å²) in [6, 6.07) is 16.2. The second-order valence-corrected chi connectivity index (χ2v) is 4.76. The van der Waals surface area contributed by atoms with Crippen LogP contribution in [0.1, 0.15) is 11.1 Å². The number of hydrogen-bond acceptors (Lipinski definition) is 3. The lowest BCUT2D eigenvalue weighted by atomic mass is 10.1. The van der Waals surface area contributed by atoms with Crippen molar-refractivity contribution >= 4 is 5.57 Å². The van der Waals surface area contributed by atoms with Crippen molar-refractivity contribution in [2.45, 2.75) is 6.54 Å². The van der Waals surface area contributed by atoms with Crippen LogP contribution < -0.4 is 14.8 Å². The fourth-order valence-corrected chi connectivity index (χ4v) is 2.18. The Labute approximate surface area is 118 Å². The molecule has 3 rings (SSSR count). The molecule has 0 aromatic heterocycles. The topological polar surface area (TPSA) is 30.5 Å². The molecule has 0 atom stereocenters. The minimum absolute atomic E-state index is 0.316. The Morgan fingerprint density at radius 3 is 2.70 bits per heavy atom. The molecule has 0 amide bonds. The molecule has 2 aromatic carbocycles. The maximum atomic E-state index is 5.37. The van der Waals surface area contributed by atoms with Crippen molar-refractivity contribution in [2.75, 3.05) is 13.3 Å². The smallest absolute Gasteiger partial charge is 0.231 e. The van der Waals surface area contributed by atoms with Gasteiger partial charge in [0.15, 0.2) is 11.5 Å². The van der Waals surface area contributed by atoms with Crippen molar-refractivity contribution in [2.24, 2.45) is 0 Å². The van der Waals surface area contributed by atoms with Gasteiger partial charge in [-0.1, -0.05) is 43.0 Å². The van der Waals surface area contributed by atoms with Gasteiger partial charge >= 0.3 is 0 Å². The predicted molar refractivity (Wildman–Crippen MR) is 79.7 cm³/mol. The van der Waals surface area contributed by atoms with Crippen LogP contribution in [-0.2, 0) is 6.54 Å². The molecule has 20 heavy (non-hydrogen) atoms. The molecular formula is C17H17NO2. The van der Waals surface area contributed by atoms with Crippen LogP contribution in [0.25, 0.3) is 5.57 Å². The molecule has 0 radical (unpaired) electrons. The Balaban J connectivity index is 1.54. The molecule has 0 saturated heterocycles. The summed E-state index contributed by atoms with van der Waals surface area (Å²) in [5.74, 6) is 1.65. The van der Waals surface area contributed by atoms with Gasteiger partial charge in [-0.2, -0.15) is 0 Å². The predicted octanol–water partition coefficient (Wildman–Crippen LogP) is 3.22. The number of fused-ring (bicyclic) bond motifs is 1. The lowest BCUT2D eigenvalue weighted by Crippen LogP contribution is -2.15. The van der Waals surface area contributed by atoms with E-state index in [4.69, 9.17) is 9.47 Å². The largest absolute Gasteiger partial charge is 0.454 e. The molecular weight excluding hydrogens is 250 g/mol. The minimum atomic E-state index is 0.316. The summed E-state index contributed by atoms with van der Waals surface area (Å²) in [7, 11) is 0. The molecule has 0 spiro atoms. The first-order valence-corrected chi connectivity index (χ1v) is 6.65. The summed E-state index contributed by atoms with van der Waals surface area (Å²) in [4.78, 5) is 0.